The van der Waals surface area contributed by atoms with Crippen LogP contribution in [-0.4, -0.2) is 0 Å². The summed E-state index contributed by atoms with van der Waals surface area (Å²) in [4.78, 5) is 0. The Balaban J connectivity index is 6.34. The molecule has 0 nitrogen and oxygen atoms in total. The Morgan fingerprint density at radius 2 is 0.909 bits per heavy atom. The molecule has 0 spiro atoms. The van der Waals surface area contributed by atoms with Gasteiger partial charge in [-0.15, -0.1) is 0 Å². The first-order valence-corrected chi connectivity index (χ1v) is 14.9. The molecule has 9 atom stereocenters. The van der Waals surface area contributed by atoms with E-state index < -0.39 is 0 Å². The Hall–Kier alpha value is 0. The van der Waals surface area contributed by atoms with Crippen LogP contribution in [0.2, 0.25) is 0 Å². The molecule has 0 radical (unpaired) electrons. The number of hydrogen-bond acceptors (Lipinski definition) is 0. The molecule has 0 rings (SSSR count). The maximum atomic E-state index is 2.66. The SMILES string of the molecule is CCC(C(C)C)C(C)C(CC)C(C)C(C)(CC)C(C)C(C)(CC)C(C)C(C)(C)C(C)C(C)C. The first-order valence-electron chi connectivity index (χ1n) is 14.9. The molecule has 0 aliphatic carbocycles. The molecule has 0 aromatic rings. The molecular formula is C33H68. The molecule has 0 saturated carbocycles. The Morgan fingerprint density at radius 1 is 0.485 bits per heavy atom. The van der Waals surface area contributed by atoms with Crippen LogP contribution < -0.4 is 0 Å². The molecule has 0 heteroatoms. The Bertz CT molecular complexity index is 542. The summed E-state index contributed by atoms with van der Waals surface area (Å²) in [6.07, 6.45) is 5.16. The third kappa shape index (κ3) is 6.61. The summed E-state index contributed by atoms with van der Waals surface area (Å²) < 4.78 is 0. The van der Waals surface area contributed by atoms with Gasteiger partial charge in [0.05, 0.1) is 0 Å². The lowest BCUT2D eigenvalue weighted by atomic mass is 9.47. The summed E-state index contributed by atoms with van der Waals surface area (Å²) in [5.41, 5.74) is 1.00. The van der Waals surface area contributed by atoms with Gasteiger partial charge in [-0.2, -0.15) is 0 Å². The van der Waals surface area contributed by atoms with Gasteiger partial charge in [-0.05, 0) is 69.5 Å². The van der Waals surface area contributed by atoms with E-state index in [1.54, 1.807) is 0 Å². The van der Waals surface area contributed by atoms with Crippen molar-refractivity contribution in [3.63, 3.8) is 0 Å². The van der Waals surface area contributed by atoms with Gasteiger partial charge in [-0.1, -0.05) is 143 Å². The molecule has 0 aliphatic heterocycles. The topological polar surface area (TPSA) is 0 Å². The van der Waals surface area contributed by atoms with E-state index in [9.17, 15) is 0 Å². The van der Waals surface area contributed by atoms with E-state index in [2.05, 4.69) is 118 Å². The predicted molar refractivity (Wildman–Crippen MR) is 154 cm³/mol. The monoisotopic (exact) mass is 465 g/mol. The Labute approximate surface area is 212 Å². The number of hydrogen-bond donors (Lipinski definition) is 0. The predicted octanol–water partition coefficient (Wildman–Crippen LogP) is 11.4. The molecule has 9 unspecified atom stereocenters. The van der Waals surface area contributed by atoms with Crippen LogP contribution in [0.1, 0.15) is 143 Å². The highest BCUT2D eigenvalue weighted by molar-refractivity contribution is 5.01. The molecule has 0 bridgehead atoms. The van der Waals surface area contributed by atoms with Crippen molar-refractivity contribution in [3.05, 3.63) is 0 Å². The zero-order valence-electron chi connectivity index (χ0n) is 26.5. The minimum Gasteiger partial charge on any atom is -0.0651 e. The van der Waals surface area contributed by atoms with Crippen molar-refractivity contribution < 1.29 is 0 Å². The molecule has 0 aromatic heterocycles. The zero-order valence-corrected chi connectivity index (χ0v) is 26.5. The van der Waals surface area contributed by atoms with Crippen molar-refractivity contribution in [1.29, 1.82) is 0 Å². The number of rotatable bonds is 15. The van der Waals surface area contributed by atoms with E-state index in [0.717, 1.165) is 41.4 Å². The van der Waals surface area contributed by atoms with Crippen LogP contribution in [0.5, 0.6) is 0 Å². The van der Waals surface area contributed by atoms with Crippen molar-refractivity contribution in [1.82, 2.24) is 0 Å². The Morgan fingerprint density at radius 3 is 1.21 bits per heavy atom. The first kappa shape index (κ1) is 33.0. The van der Waals surface area contributed by atoms with Crippen LogP contribution in [0, 0.1) is 69.5 Å². The third-order valence-electron chi connectivity index (χ3n) is 12.6. The van der Waals surface area contributed by atoms with E-state index in [1.807, 2.05) is 0 Å². The van der Waals surface area contributed by atoms with E-state index in [4.69, 9.17) is 0 Å². The van der Waals surface area contributed by atoms with Gasteiger partial charge in [0.25, 0.3) is 0 Å². The maximum absolute atomic E-state index is 2.66. The fraction of sp³-hybridized carbons (Fsp3) is 1.00. The standard InChI is InChI=1S/C33H68/c1-18-29(23(7)8)24(9)30(19-2)26(11)32(16,20-3)28(13)33(17,21-4)27(12)31(14,15)25(10)22(5)6/h22-30H,18-21H2,1-17H3. The van der Waals surface area contributed by atoms with Crippen LogP contribution in [0.4, 0.5) is 0 Å². The first-order chi connectivity index (χ1) is 14.9. The average molecular weight is 465 g/mol. The van der Waals surface area contributed by atoms with Crippen LogP contribution >= 0.6 is 0 Å². The van der Waals surface area contributed by atoms with Crippen molar-refractivity contribution in [3.8, 4) is 0 Å². The lowest BCUT2D eigenvalue weighted by Crippen LogP contribution is -2.51. The highest BCUT2D eigenvalue weighted by atomic mass is 14.6. The normalized spacial score (nSPS) is 23.4. The second-order valence-electron chi connectivity index (χ2n) is 14.1. The molecule has 0 aliphatic rings. The highest BCUT2D eigenvalue weighted by Gasteiger charge is 2.52. The molecule has 0 fully saturated rings. The minimum absolute atomic E-state index is 0.327. The largest absolute Gasteiger partial charge is 0.0651 e. The third-order valence-corrected chi connectivity index (χ3v) is 12.6. The average Bonchev–Trinajstić information content (AvgIpc) is 2.76. The van der Waals surface area contributed by atoms with Gasteiger partial charge in [-0.3, -0.25) is 0 Å². The van der Waals surface area contributed by atoms with E-state index >= 15 is 0 Å². The fourth-order valence-electron chi connectivity index (χ4n) is 8.30. The summed E-state index contributed by atoms with van der Waals surface area (Å²) in [7, 11) is 0. The summed E-state index contributed by atoms with van der Waals surface area (Å²) in [6.45, 7) is 42.9. The summed E-state index contributed by atoms with van der Waals surface area (Å²) in [5.74, 6) is 6.72. The highest BCUT2D eigenvalue weighted by Crippen LogP contribution is 2.59. The lowest BCUT2D eigenvalue weighted by Gasteiger charge is -2.58. The van der Waals surface area contributed by atoms with Gasteiger partial charge in [0, 0.05) is 0 Å². The summed E-state index contributed by atoms with van der Waals surface area (Å²) >= 11 is 0. The van der Waals surface area contributed by atoms with Crippen molar-refractivity contribution >= 4 is 0 Å². The van der Waals surface area contributed by atoms with Crippen LogP contribution in [0.15, 0.2) is 0 Å². The summed E-state index contributed by atoms with van der Waals surface area (Å²) in [5, 5.41) is 0. The van der Waals surface area contributed by atoms with Crippen molar-refractivity contribution in [2.45, 2.75) is 143 Å². The van der Waals surface area contributed by atoms with Gasteiger partial charge in [0.2, 0.25) is 0 Å². The van der Waals surface area contributed by atoms with Gasteiger partial charge < -0.3 is 0 Å². The molecule has 200 valence electrons. The quantitative estimate of drug-likeness (QED) is 0.226. The molecule has 0 N–H and O–H groups in total. The lowest BCUT2D eigenvalue weighted by molar-refractivity contribution is -0.0915. The zero-order chi connectivity index (χ0) is 26.5. The van der Waals surface area contributed by atoms with E-state index in [-0.39, 0.29) is 0 Å². The van der Waals surface area contributed by atoms with Gasteiger partial charge in [-0.25, -0.2) is 0 Å². The molecule has 0 heterocycles. The van der Waals surface area contributed by atoms with Crippen LogP contribution in [-0.2, 0) is 0 Å². The van der Waals surface area contributed by atoms with Crippen molar-refractivity contribution in [2.24, 2.45) is 69.5 Å². The molecule has 0 aromatic carbocycles. The van der Waals surface area contributed by atoms with E-state index in [0.29, 0.717) is 28.1 Å². The fourth-order valence-corrected chi connectivity index (χ4v) is 8.30. The molecule has 33 heavy (non-hydrogen) atoms. The minimum atomic E-state index is 0.327. The van der Waals surface area contributed by atoms with Crippen LogP contribution in [0.3, 0.4) is 0 Å². The van der Waals surface area contributed by atoms with Gasteiger partial charge >= 0.3 is 0 Å². The van der Waals surface area contributed by atoms with Crippen LogP contribution in [0.25, 0.3) is 0 Å². The second-order valence-corrected chi connectivity index (χ2v) is 14.1. The van der Waals surface area contributed by atoms with Gasteiger partial charge in [0.15, 0.2) is 0 Å². The second kappa shape index (κ2) is 12.8. The van der Waals surface area contributed by atoms with Gasteiger partial charge in [0.1, 0.15) is 0 Å². The van der Waals surface area contributed by atoms with Crippen molar-refractivity contribution in [2.75, 3.05) is 0 Å². The van der Waals surface area contributed by atoms with E-state index in [1.165, 1.54) is 25.7 Å². The molecular weight excluding hydrogens is 396 g/mol. The Kier molecular flexibility index (Phi) is 12.8. The molecule has 0 saturated heterocycles. The maximum Gasteiger partial charge on any atom is -0.0267 e. The summed E-state index contributed by atoms with van der Waals surface area (Å²) in [6, 6.07) is 0. The smallest absolute Gasteiger partial charge is 0.0267 e. The molecule has 0 amide bonds.